The van der Waals surface area contributed by atoms with Gasteiger partial charge in [0.15, 0.2) is 0 Å². The predicted octanol–water partition coefficient (Wildman–Crippen LogP) is 4.03. The van der Waals surface area contributed by atoms with Crippen molar-refractivity contribution in [2.45, 2.75) is 39.8 Å². The Morgan fingerprint density at radius 3 is 2.17 bits per heavy atom. The first-order valence-electron chi connectivity index (χ1n) is 8.15. The first kappa shape index (κ1) is 18.1. The molecule has 0 saturated carbocycles. The quantitative estimate of drug-likeness (QED) is 0.899. The highest BCUT2D eigenvalue weighted by atomic mass is 19.1. The number of hydrogen-bond donors (Lipinski definition) is 1. The van der Waals surface area contributed by atoms with Crippen LogP contribution in [0.5, 0.6) is 0 Å². The number of halogens is 1. The molecule has 3 nitrogen and oxygen atoms in total. The molecule has 0 radical (unpaired) electrons. The van der Waals surface area contributed by atoms with Crippen LogP contribution < -0.4 is 0 Å². The van der Waals surface area contributed by atoms with Crippen LogP contribution in [0.15, 0.2) is 42.5 Å². The summed E-state index contributed by atoms with van der Waals surface area (Å²) in [6.07, 6.45) is -0.661. The lowest BCUT2D eigenvalue weighted by atomic mass is 10.0. The molecule has 0 saturated heterocycles. The fourth-order valence-electron chi connectivity index (χ4n) is 2.58. The van der Waals surface area contributed by atoms with Crippen LogP contribution in [0.1, 0.15) is 36.7 Å². The van der Waals surface area contributed by atoms with E-state index in [4.69, 9.17) is 0 Å². The number of amides is 1. The van der Waals surface area contributed by atoms with Crippen LogP contribution in [-0.4, -0.2) is 34.6 Å². The van der Waals surface area contributed by atoms with Gasteiger partial charge in [-0.15, -0.1) is 0 Å². The summed E-state index contributed by atoms with van der Waals surface area (Å²) in [4.78, 5) is 14.1. The molecule has 0 aliphatic heterocycles. The highest BCUT2D eigenvalue weighted by molar-refractivity contribution is 5.95. The molecule has 0 heterocycles. The van der Waals surface area contributed by atoms with Crippen LogP contribution in [-0.2, 0) is 0 Å². The van der Waals surface area contributed by atoms with E-state index in [0.29, 0.717) is 0 Å². The second-order valence-corrected chi connectivity index (χ2v) is 6.46. The summed E-state index contributed by atoms with van der Waals surface area (Å²) >= 11 is 0. The van der Waals surface area contributed by atoms with E-state index in [0.717, 1.165) is 16.7 Å². The number of aryl methyl sites for hydroxylation is 1. The summed E-state index contributed by atoms with van der Waals surface area (Å²) in [6, 6.07) is 12.3. The van der Waals surface area contributed by atoms with Crippen LogP contribution in [0.3, 0.4) is 0 Å². The van der Waals surface area contributed by atoms with Crippen molar-refractivity contribution in [1.82, 2.24) is 4.90 Å². The Balaban J connectivity index is 2.31. The summed E-state index contributed by atoms with van der Waals surface area (Å²) in [7, 11) is 0. The standard InChI is InChI=1S/C20H24FNO2/c1-13(2)22(12-15(4)23)20(24)18-10-9-17(11-19(18)21)16-7-5-14(3)6-8-16/h5-11,13,15,23H,12H2,1-4H3. The van der Waals surface area contributed by atoms with E-state index in [1.807, 2.05) is 45.0 Å². The van der Waals surface area contributed by atoms with Gasteiger partial charge in [0.1, 0.15) is 5.82 Å². The number of hydrogen-bond acceptors (Lipinski definition) is 2. The van der Waals surface area contributed by atoms with Crippen LogP contribution in [0.25, 0.3) is 11.1 Å². The van der Waals surface area contributed by atoms with Gasteiger partial charge < -0.3 is 10.0 Å². The third kappa shape index (κ3) is 4.20. The number of nitrogens with zero attached hydrogens (tertiary/aromatic N) is 1. The molecule has 0 aliphatic carbocycles. The Hall–Kier alpha value is -2.20. The third-order valence-electron chi connectivity index (χ3n) is 3.93. The molecule has 1 unspecified atom stereocenters. The van der Waals surface area contributed by atoms with E-state index in [2.05, 4.69) is 0 Å². The topological polar surface area (TPSA) is 40.5 Å². The molecule has 2 aromatic rings. The van der Waals surface area contributed by atoms with E-state index in [1.54, 1.807) is 13.0 Å². The highest BCUT2D eigenvalue weighted by Gasteiger charge is 2.23. The Bertz CT molecular complexity index is 708. The van der Waals surface area contributed by atoms with Crippen LogP contribution in [0, 0.1) is 12.7 Å². The average molecular weight is 329 g/mol. The minimum absolute atomic E-state index is 0.0280. The Labute approximate surface area is 142 Å². The minimum Gasteiger partial charge on any atom is -0.392 e. The normalized spacial score (nSPS) is 12.3. The first-order valence-corrected chi connectivity index (χ1v) is 8.15. The average Bonchev–Trinajstić information content (AvgIpc) is 2.52. The van der Waals surface area contributed by atoms with Crippen molar-refractivity contribution < 1.29 is 14.3 Å². The third-order valence-corrected chi connectivity index (χ3v) is 3.93. The molecule has 1 amide bonds. The zero-order valence-corrected chi connectivity index (χ0v) is 14.6. The van der Waals surface area contributed by atoms with Gasteiger partial charge >= 0.3 is 0 Å². The van der Waals surface area contributed by atoms with Gasteiger partial charge in [-0.3, -0.25) is 4.79 Å². The molecule has 2 rings (SSSR count). The molecule has 4 heteroatoms. The highest BCUT2D eigenvalue weighted by Crippen LogP contribution is 2.23. The van der Waals surface area contributed by atoms with E-state index in [9.17, 15) is 14.3 Å². The largest absolute Gasteiger partial charge is 0.392 e. The lowest BCUT2D eigenvalue weighted by Gasteiger charge is -2.28. The molecule has 0 spiro atoms. The van der Waals surface area contributed by atoms with Gasteiger partial charge in [0, 0.05) is 12.6 Å². The van der Waals surface area contributed by atoms with E-state index < -0.39 is 17.8 Å². The minimum atomic E-state index is -0.661. The zero-order valence-electron chi connectivity index (χ0n) is 14.6. The summed E-state index contributed by atoms with van der Waals surface area (Å²) in [6.45, 7) is 7.47. The Morgan fingerprint density at radius 2 is 1.67 bits per heavy atom. The van der Waals surface area contributed by atoms with E-state index in [-0.39, 0.29) is 18.2 Å². The van der Waals surface area contributed by atoms with Gasteiger partial charge in [-0.2, -0.15) is 0 Å². The van der Waals surface area contributed by atoms with Gasteiger partial charge in [-0.25, -0.2) is 4.39 Å². The lowest BCUT2D eigenvalue weighted by Crippen LogP contribution is -2.41. The molecule has 128 valence electrons. The molecule has 0 aromatic heterocycles. The van der Waals surface area contributed by atoms with Crippen molar-refractivity contribution >= 4 is 5.91 Å². The number of rotatable bonds is 5. The molecule has 2 aromatic carbocycles. The van der Waals surface area contributed by atoms with Crippen LogP contribution in [0.2, 0.25) is 0 Å². The second-order valence-electron chi connectivity index (χ2n) is 6.46. The number of aliphatic hydroxyl groups excluding tert-OH is 1. The smallest absolute Gasteiger partial charge is 0.257 e. The van der Waals surface area contributed by atoms with Gasteiger partial charge in [0.25, 0.3) is 5.91 Å². The first-order chi connectivity index (χ1) is 11.3. The molecule has 1 N–H and O–H groups in total. The van der Waals surface area contributed by atoms with E-state index >= 15 is 0 Å². The number of carbonyl (C=O) groups excluding carboxylic acids is 1. The zero-order chi connectivity index (χ0) is 17.9. The van der Waals surface area contributed by atoms with E-state index in [1.165, 1.54) is 17.0 Å². The number of carbonyl (C=O) groups is 1. The van der Waals surface area contributed by atoms with Crippen LogP contribution in [0.4, 0.5) is 4.39 Å². The molecule has 24 heavy (non-hydrogen) atoms. The van der Waals surface area contributed by atoms with Gasteiger partial charge in [0.05, 0.1) is 11.7 Å². The summed E-state index contributed by atoms with van der Waals surface area (Å²) in [5.74, 6) is -0.951. The van der Waals surface area contributed by atoms with Crippen molar-refractivity contribution in [3.63, 3.8) is 0 Å². The van der Waals surface area contributed by atoms with Gasteiger partial charge in [-0.1, -0.05) is 35.9 Å². The van der Waals surface area contributed by atoms with Crippen LogP contribution >= 0.6 is 0 Å². The van der Waals surface area contributed by atoms with Crippen molar-refractivity contribution in [3.05, 3.63) is 59.4 Å². The number of aliphatic hydroxyl groups is 1. The number of benzene rings is 2. The maximum Gasteiger partial charge on any atom is 0.257 e. The second kappa shape index (κ2) is 7.58. The monoisotopic (exact) mass is 329 g/mol. The molecular weight excluding hydrogens is 305 g/mol. The predicted molar refractivity (Wildman–Crippen MR) is 94.4 cm³/mol. The van der Waals surface area contributed by atoms with Crippen molar-refractivity contribution in [1.29, 1.82) is 0 Å². The molecular formula is C20H24FNO2. The maximum absolute atomic E-state index is 14.5. The fraction of sp³-hybridized carbons (Fsp3) is 0.350. The molecule has 0 fully saturated rings. The Kier molecular flexibility index (Phi) is 5.73. The summed E-state index contributed by atoms with van der Waals surface area (Å²) in [5.41, 5.74) is 2.80. The molecule has 0 bridgehead atoms. The SMILES string of the molecule is Cc1ccc(-c2ccc(C(=O)N(CC(C)O)C(C)C)c(F)c2)cc1. The lowest BCUT2D eigenvalue weighted by molar-refractivity contribution is 0.0574. The maximum atomic E-state index is 14.5. The van der Waals surface area contributed by atoms with Gasteiger partial charge in [0.2, 0.25) is 0 Å². The van der Waals surface area contributed by atoms with Gasteiger partial charge in [-0.05, 0) is 51.0 Å². The van der Waals surface area contributed by atoms with Crippen molar-refractivity contribution in [2.75, 3.05) is 6.54 Å². The molecule has 0 aliphatic rings. The summed E-state index contributed by atoms with van der Waals surface area (Å²) < 4.78 is 14.5. The summed E-state index contributed by atoms with van der Waals surface area (Å²) in [5, 5.41) is 9.56. The van der Waals surface area contributed by atoms with Crippen molar-refractivity contribution in [3.8, 4) is 11.1 Å². The van der Waals surface area contributed by atoms with Crippen molar-refractivity contribution in [2.24, 2.45) is 0 Å². The molecule has 1 atom stereocenters. The Morgan fingerprint density at radius 1 is 1.08 bits per heavy atom. The fourth-order valence-corrected chi connectivity index (χ4v) is 2.58.